The molecule has 0 aliphatic rings. The number of halogens is 3. The number of aromatic nitrogens is 1. The monoisotopic (exact) mass is 367 g/mol. The number of hydrogen-bond acceptors (Lipinski definition) is 2. The lowest BCUT2D eigenvalue weighted by Crippen LogP contribution is -1.87. The van der Waals surface area contributed by atoms with Crippen LogP contribution in [0.3, 0.4) is 0 Å². The average Bonchev–Trinajstić information content (AvgIpc) is 2.46. The molecule has 0 aliphatic carbocycles. The van der Waals surface area contributed by atoms with Crippen molar-refractivity contribution in [2.75, 3.05) is 0 Å². The SMILES string of the molecule is Clc1ccccc1Oc1ccc2ncc(Cl)c(Br)c2c1. The minimum absolute atomic E-state index is 0.562. The van der Waals surface area contributed by atoms with Crippen LogP contribution in [0, 0.1) is 0 Å². The quantitative estimate of drug-likeness (QED) is 0.545. The fraction of sp³-hybridized carbons (Fsp3) is 0. The molecule has 0 unspecified atom stereocenters. The van der Waals surface area contributed by atoms with Crippen molar-refractivity contribution in [1.29, 1.82) is 0 Å². The minimum Gasteiger partial charge on any atom is -0.456 e. The number of para-hydroxylation sites is 1. The van der Waals surface area contributed by atoms with Gasteiger partial charge in [-0.25, -0.2) is 0 Å². The second-order valence-electron chi connectivity index (χ2n) is 4.13. The van der Waals surface area contributed by atoms with Crippen LogP contribution in [-0.2, 0) is 0 Å². The minimum atomic E-state index is 0.562. The molecular formula is C15H8BrCl2NO. The fourth-order valence-electron chi connectivity index (χ4n) is 1.83. The number of benzene rings is 2. The second kappa shape index (κ2) is 5.60. The van der Waals surface area contributed by atoms with E-state index in [1.54, 1.807) is 12.3 Å². The predicted octanol–water partition coefficient (Wildman–Crippen LogP) is 6.10. The number of nitrogens with zero attached hydrogens (tertiary/aromatic N) is 1. The van der Waals surface area contributed by atoms with Crippen LogP contribution in [0.1, 0.15) is 0 Å². The van der Waals surface area contributed by atoms with Crippen LogP contribution in [0.2, 0.25) is 10.0 Å². The highest BCUT2D eigenvalue weighted by Gasteiger charge is 2.08. The van der Waals surface area contributed by atoms with Gasteiger partial charge in [0.1, 0.15) is 11.5 Å². The van der Waals surface area contributed by atoms with Crippen molar-refractivity contribution >= 4 is 50.0 Å². The van der Waals surface area contributed by atoms with Crippen LogP contribution < -0.4 is 4.74 Å². The lowest BCUT2D eigenvalue weighted by atomic mass is 10.2. The molecule has 1 aromatic heterocycles. The van der Waals surface area contributed by atoms with Gasteiger partial charge in [0, 0.05) is 16.1 Å². The van der Waals surface area contributed by atoms with Gasteiger partial charge >= 0.3 is 0 Å². The van der Waals surface area contributed by atoms with Gasteiger partial charge in [-0.15, -0.1) is 0 Å². The maximum atomic E-state index is 6.08. The van der Waals surface area contributed by atoms with Gasteiger partial charge in [-0.2, -0.15) is 0 Å². The summed E-state index contributed by atoms with van der Waals surface area (Å²) in [6, 6.07) is 12.9. The Bertz CT molecular complexity index is 792. The molecule has 0 N–H and O–H groups in total. The third kappa shape index (κ3) is 2.62. The molecule has 0 radical (unpaired) electrons. The molecule has 3 aromatic rings. The zero-order valence-corrected chi connectivity index (χ0v) is 13.2. The van der Waals surface area contributed by atoms with E-state index in [-0.39, 0.29) is 0 Å². The van der Waals surface area contributed by atoms with Gasteiger partial charge in [-0.1, -0.05) is 35.3 Å². The van der Waals surface area contributed by atoms with Crippen molar-refractivity contribution in [3.8, 4) is 11.5 Å². The molecule has 5 heteroatoms. The lowest BCUT2D eigenvalue weighted by Gasteiger charge is -2.09. The summed E-state index contributed by atoms with van der Waals surface area (Å²) in [6.45, 7) is 0. The highest BCUT2D eigenvalue weighted by Crippen LogP contribution is 2.34. The standard InChI is InChI=1S/C15H8BrCl2NO/c16-15-10-7-9(5-6-13(10)19-8-12(15)18)20-14-4-2-1-3-11(14)17/h1-8H. The summed E-state index contributed by atoms with van der Waals surface area (Å²) in [7, 11) is 0. The number of fused-ring (bicyclic) bond motifs is 1. The highest BCUT2D eigenvalue weighted by atomic mass is 79.9. The van der Waals surface area contributed by atoms with E-state index in [4.69, 9.17) is 27.9 Å². The molecule has 20 heavy (non-hydrogen) atoms. The molecule has 0 bridgehead atoms. The molecule has 0 saturated heterocycles. The molecule has 0 atom stereocenters. The second-order valence-corrected chi connectivity index (χ2v) is 5.74. The van der Waals surface area contributed by atoms with Gasteiger partial charge in [0.25, 0.3) is 0 Å². The van der Waals surface area contributed by atoms with Gasteiger partial charge < -0.3 is 4.74 Å². The zero-order valence-electron chi connectivity index (χ0n) is 10.1. The van der Waals surface area contributed by atoms with Gasteiger partial charge in [0.2, 0.25) is 0 Å². The first-order chi connectivity index (χ1) is 9.65. The fourth-order valence-corrected chi connectivity index (χ4v) is 2.58. The van der Waals surface area contributed by atoms with E-state index in [1.165, 1.54) is 0 Å². The van der Waals surface area contributed by atoms with Gasteiger partial charge in [-0.05, 0) is 46.3 Å². The molecule has 100 valence electrons. The summed E-state index contributed by atoms with van der Waals surface area (Å²) in [5.41, 5.74) is 0.841. The summed E-state index contributed by atoms with van der Waals surface area (Å²) in [6.07, 6.45) is 1.61. The van der Waals surface area contributed by atoms with Crippen LogP contribution in [0.25, 0.3) is 10.9 Å². The first-order valence-corrected chi connectivity index (χ1v) is 7.36. The van der Waals surface area contributed by atoms with E-state index in [2.05, 4.69) is 20.9 Å². The Morgan fingerprint density at radius 2 is 1.80 bits per heavy atom. The molecule has 0 saturated carbocycles. The molecule has 3 rings (SSSR count). The van der Waals surface area contributed by atoms with Crippen molar-refractivity contribution in [3.05, 3.63) is 63.2 Å². The van der Waals surface area contributed by atoms with E-state index >= 15 is 0 Å². The molecule has 0 spiro atoms. The van der Waals surface area contributed by atoms with Crippen molar-refractivity contribution in [3.63, 3.8) is 0 Å². The Morgan fingerprint density at radius 3 is 2.60 bits per heavy atom. The summed E-state index contributed by atoms with van der Waals surface area (Å²) in [4.78, 5) is 4.26. The van der Waals surface area contributed by atoms with Crippen molar-refractivity contribution in [2.45, 2.75) is 0 Å². The number of pyridine rings is 1. The lowest BCUT2D eigenvalue weighted by molar-refractivity contribution is 0.483. The highest BCUT2D eigenvalue weighted by molar-refractivity contribution is 9.10. The molecule has 0 aliphatic heterocycles. The van der Waals surface area contributed by atoms with Gasteiger partial charge in [0.05, 0.1) is 15.6 Å². The first-order valence-electron chi connectivity index (χ1n) is 5.81. The normalized spacial score (nSPS) is 10.8. The summed E-state index contributed by atoms with van der Waals surface area (Å²) in [5.74, 6) is 1.29. The molecule has 1 heterocycles. The van der Waals surface area contributed by atoms with Gasteiger partial charge in [0.15, 0.2) is 0 Å². The topological polar surface area (TPSA) is 22.1 Å². The average molecular weight is 369 g/mol. The Balaban J connectivity index is 2.05. The van der Waals surface area contributed by atoms with E-state index in [0.717, 1.165) is 15.4 Å². The number of rotatable bonds is 2. The maximum absolute atomic E-state index is 6.08. The van der Waals surface area contributed by atoms with E-state index in [0.29, 0.717) is 21.5 Å². The largest absolute Gasteiger partial charge is 0.456 e. The maximum Gasteiger partial charge on any atom is 0.146 e. The Labute approximate surface area is 134 Å². The van der Waals surface area contributed by atoms with Gasteiger partial charge in [-0.3, -0.25) is 4.98 Å². The number of hydrogen-bond donors (Lipinski definition) is 0. The van der Waals surface area contributed by atoms with Crippen LogP contribution in [0.5, 0.6) is 11.5 Å². The Morgan fingerprint density at radius 1 is 1.00 bits per heavy atom. The van der Waals surface area contributed by atoms with Crippen molar-refractivity contribution in [2.24, 2.45) is 0 Å². The predicted molar refractivity (Wildman–Crippen MR) is 86.0 cm³/mol. The summed E-state index contributed by atoms with van der Waals surface area (Å²) >= 11 is 15.6. The molecule has 2 nitrogen and oxygen atoms in total. The Hall–Kier alpha value is -1.29. The number of ether oxygens (including phenoxy) is 1. The van der Waals surface area contributed by atoms with Crippen LogP contribution >= 0.6 is 39.1 Å². The zero-order chi connectivity index (χ0) is 14.1. The Kier molecular flexibility index (Phi) is 3.83. The third-order valence-corrected chi connectivity index (χ3v) is 4.48. The molecule has 0 amide bonds. The summed E-state index contributed by atoms with van der Waals surface area (Å²) < 4.78 is 6.59. The van der Waals surface area contributed by atoms with E-state index in [9.17, 15) is 0 Å². The van der Waals surface area contributed by atoms with Crippen molar-refractivity contribution < 1.29 is 4.74 Å². The van der Waals surface area contributed by atoms with E-state index in [1.807, 2.05) is 36.4 Å². The van der Waals surface area contributed by atoms with Crippen LogP contribution in [0.15, 0.2) is 53.1 Å². The van der Waals surface area contributed by atoms with Crippen molar-refractivity contribution in [1.82, 2.24) is 4.98 Å². The molecule has 0 fully saturated rings. The summed E-state index contributed by atoms with van der Waals surface area (Å²) in [5, 5.41) is 2.02. The van der Waals surface area contributed by atoms with Crippen LogP contribution in [-0.4, -0.2) is 4.98 Å². The first kappa shape index (κ1) is 13.7. The smallest absolute Gasteiger partial charge is 0.146 e. The van der Waals surface area contributed by atoms with Crippen LogP contribution in [0.4, 0.5) is 0 Å². The molecule has 2 aromatic carbocycles. The van der Waals surface area contributed by atoms with E-state index < -0.39 is 0 Å². The third-order valence-electron chi connectivity index (χ3n) is 2.80. The molecular weight excluding hydrogens is 361 g/mol.